The van der Waals surface area contributed by atoms with Gasteiger partial charge < -0.3 is 9.79 Å². The Morgan fingerprint density at radius 2 is 1.43 bits per heavy atom. The Morgan fingerprint density at radius 3 is 1.95 bits per heavy atom. The van der Waals surface area contributed by atoms with Crippen LogP contribution in [0.2, 0.25) is 0 Å². The molecule has 0 N–H and O–H groups in total. The second kappa shape index (κ2) is 7.04. The van der Waals surface area contributed by atoms with Crippen molar-refractivity contribution in [2.24, 2.45) is 0 Å². The smallest absolute Gasteiger partial charge is 1.00 e. The van der Waals surface area contributed by atoms with E-state index in [4.69, 9.17) is 8.37 Å². The molecule has 0 heterocycles. The van der Waals surface area contributed by atoms with E-state index in [1.54, 1.807) is 44.2 Å². The molecule has 108 valence electrons. The number of hydrogen-bond donors (Lipinski definition) is 0. The van der Waals surface area contributed by atoms with Crippen molar-refractivity contribution in [2.45, 2.75) is 20.8 Å². The van der Waals surface area contributed by atoms with Gasteiger partial charge in [-0.05, 0) is 44.0 Å². The first kappa shape index (κ1) is 17.6. The Kier molecular flexibility index (Phi) is 5.91. The predicted molar refractivity (Wildman–Crippen MR) is 78.4 cm³/mol. The summed E-state index contributed by atoms with van der Waals surface area (Å²) in [6, 6.07) is 12.0. The predicted octanol–water partition coefficient (Wildman–Crippen LogP) is 0.431. The number of rotatable bonds is 4. The largest absolute Gasteiger partial charge is 1.00 e. The molecule has 0 saturated heterocycles. The minimum absolute atomic E-state index is 0. The van der Waals surface area contributed by atoms with Crippen LogP contribution in [0.1, 0.15) is 18.1 Å². The second-order valence-corrected chi connectivity index (χ2v) is 5.77. The van der Waals surface area contributed by atoms with Gasteiger partial charge in [-0.25, -0.2) is 0 Å². The molecule has 0 fully saturated rings. The van der Waals surface area contributed by atoms with Crippen molar-refractivity contribution in [3.63, 3.8) is 0 Å². The van der Waals surface area contributed by atoms with Crippen molar-refractivity contribution in [1.82, 2.24) is 0 Å². The van der Waals surface area contributed by atoms with Crippen LogP contribution < -0.4 is 27.2 Å². The maximum atomic E-state index is 11.9. The van der Waals surface area contributed by atoms with E-state index in [1.165, 1.54) is 0 Å². The van der Waals surface area contributed by atoms with Crippen molar-refractivity contribution in [2.75, 3.05) is 0 Å². The molecular formula is C15H17LiO4S. The van der Waals surface area contributed by atoms with E-state index < -0.39 is 10.4 Å². The molecule has 2 aromatic rings. The fraction of sp³-hybridized carbons (Fsp3) is 0.200. The van der Waals surface area contributed by atoms with Gasteiger partial charge in [0.25, 0.3) is 0 Å². The van der Waals surface area contributed by atoms with Crippen LogP contribution in [0.25, 0.3) is 0 Å². The Hall–Kier alpha value is -1.41. The average molecular weight is 300 g/mol. The summed E-state index contributed by atoms with van der Waals surface area (Å²) < 4.78 is 33.8. The first-order valence-electron chi connectivity index (χ1n) is 6.14. The molecule has 0 unspecified atom stereocenters. The molecule has 0 radical (unpaired) electrons. The van der Waals surface area contributed by atoms with Crippen LogP contribution in [0.15, 0.2) is 42.5 Å². The van der Waals surface area contributed by atoms with E-state index in [0.29, 0.717) is 5.75 Å². The molecule has 0 aromatic heterocycles. The van der Waals surface area contributed by atoms with Gasteiger partial charge in [0.2, 0.25) is 0 Å². The molecule has 0 amide bonds. The van der Waals surface area contributed by atoms with Crippen molar-refractivity contribution >= 4 is 10.4 Å². The van der Waals surface area contributed by atoms with Gasteiger partial charge in [-0.15, -0.1) is 8.42 Å². The fourth-order valence-electron chi connectivity index (χ4n) is 2.01. The summed E-state index contributed by atoms with van der Waals surface area (Å²) in [7, 11) is -4.15. The van der Waals surface area contributed by atoms with Crippen molar-refractivity contribution in [3.8, 4) is 11.5 Å². The normalized spacial score (nSPS) is 10.6. The molecule has 0 bridgehead atoms. The fourth-order valence-corrected chi connectivity index (χ4v) is 2.86. The van der Waals surface area contributed by atoms with Gasteiger partial charge in [-0.3, -0.25) is 0 Å². The molecule has 21 heavy (non-hydrogen) atoms. The van der Waals surface area contributed by atoms with Crippen LogP contribution >= 0.6 is 0 Å². The first-order valence-corrected chi connectivity index (χ1v) is 7.47. The summed E-state index contributed by atoms with van der Waals surface area (Å²) in [5.74, 6) is 0.529. The van der Waals surface area contributed by atoms with Crippen molar-refractivity contribution < 1.29 is 37.1 Å². The zero-order valence-corrected chi connectivity index (χ0v) is 13.4. The minimum Gasteiger partial charge on any atom is -1.00 e. The third-order valence-corrected chi connectivity index (χ3v) is 3.50. The molecule has 0 aliphatic rings. The van der Waals surface area contributed by atoms with E-state index in [1.807, 2.05) is 19.1 Å². The molecule has 2 rings (SSSR count). The third kappa shape index (κ3) is 4.82. The summed E-state index contributed by atoms with van der Waals surface area (Å²) >= 11 is 0. The van der Waals surface area contributed by atoms with Crippen LogP contribution in [-0.4, -0.2) is 8.42 Å². The topological polar surface area (TPSA) is 52.6 Å². The van der Waals surface area contributed by atoms with E-state index in [9.17, 15) is 8.42 Å². The first-order chi connectivity index (χ1) is 9.37. The molecule has 0 atom stereocenters. The van der Waals surface area contributed by atoms with Gasteiger partial charge >= 0.3 is 29.3 Å². The monoisotopic (exact) mass is 300 g/mol. The van der Waals surface area contributed by atoms with E-state index >= 15 is 0 Å². The summed E-state index contributed by atoms with van der Waals surface area (Å²) in [6.45, 7) is 5.54. The Morgan fingerprint density at radius 1 is 0.905 bits per heavy atom. The Labute approximate surface area is 139 Å². The number of aryl methyl sites for hydroxylation is 3. The summed E-state index contributed by atoms with van der Waals surface area (Å²) in [5, 5.41) is 0. The molecule has 0 aliphatic heterocycles. The molecule has 0 aliphatic carbocycles. The van der Waals surface area contributed by atoms with Crippen molar-refractivity contribution in [3.05, 3.63) is 59.2 Å². The van der Waals surface area contributed by atoms with Crippen LogP contribution in [0.3, 0.4) is 0 Å². The van der Waals surface area contributed by atoms with Gasteiger partial charge in [0.05, 0.1) is 0 Å². The molecule has 2 aromatic carbocycles. The second-order valence-electron chi connectivity index (χ2n) is 4.62. The number of benzene rings is 2. The van der Waals surface area contributed by atoms with Crippen LogP contribution in [0.5, 0.6) is 11.5 Å². The number of para-hydroxylation sites is 1. The molecule has 6 heteroatoms. The zero-order valence-electron chi connectivity index (χ0n) is 13.6. The van der Waals surface area contributed by atoms with Gasteiger partial charge in [-0.2, -0.15) is 0 Å². The zero-order chi connectivity index (χ0) is 14.8. The minimum atomic E-state index is -4.15. The van der Waals surface area contributed by atoms with E-state index in [0.717, 1.165) is 16.7 Å². The van der Waals surface area contributed by atoms with E-state index in [2.05, 4.69) is 0 Å². The van der Waals surface area contributed by atoms with E-state index in [-0.39, 0.29) is 26.0 Å². The maximum Gasteiger partial charge on any atom is 1.00 e. The standard InChI is InChI=1S/C15H16O4S.Li.H/c1-11-9-12(2)15(13(3)10-11)19-20(16,17)18-14-7-5-4-6-8-14;;/h4-10H,1-3H3;;/q;+1;-1. The van der Waals surface area contributed by atoms with Crippen LogP contribution in [0.4, 0.5) is 0 Å². The van der Waals surface area contributed by atoms with Gasteiger partial charge in [0.1, 0.15) is 5.75 Å². The Bertz CT molecular complexity index is 695. The third-order valence-electron chi connectivity index (χ3n) is 2.73. The maximum absolute atomic E-state index is 11.9. The van der Waals surface area contributed by atoms with Crippen molar-refractivity contribution in [1.29, 1.82) is 0 Å². The summed E-state index contributed by atoms with van der Waals surface area (Å²) in [4.78, 5) is 0. The molecule has 4 nitrogen and oxygen atoms in total. The van der Waals surface area contributed by atoms with Gasteiger partial charge in [0, 0.05) is 0 Å². The van der Waals surface area contributed by atoms with Gasteiger partial charge in [0.15, 0.2) is 5.75 Å². The quantitative estimate of drug-likeness (QED) is 0.769. The Balaban J connectivity index is 0.00000220. The molecular weight excluding hydrogens is 283 g/mol. The average Bonchev–Trinajstić information content (AvgIpc) is 2.34. The van der Waals surface area contributed by atoms with Gasteiger partial charge in [-0.1, -0.05) is 35.9 Å². The summed E-state index contributed by atoms with van der Waals surface area (Å²) in [6.07, 6.45) is 0. The summed E-state index contributed by atoms with van der Waals surface area (Å²) in [5.41, 5.74) is 2.55. The van der Waals surface area contributed by atoms with Crippen LogP contribution in [0, 0.1) is 20.8 Å². The van der Waals surface area contributed by atoms with Crippen LogP contribution in [-0.2, 0) is 10.4 Å². The SMILES string of the molecule is Cc1cc(C)c(OS(=O)(=O)Oc2ccccc2)c(C)c1.[H-].[Li+]. The molecule has 0 saturated carbocycles. The molecule has 0 spiro atoms. The number of hydrogen-bond acceptors (Lipinski definition) is 4.